The Morgan fingerprint density at radius 2 is 1.72 bits per heavy atom. The van der Waals surface area contributed by atoms with Crippen molar-refractivity contribution in [3.8, 4) is 0 Å². The molecule has 194 valence electrons. The molecule has 2 fully saturated rings. The number of hydrogen-bond donors (Lipinski definition) is 4. The zero-order valence-electron chi connectivity index (χ0n) is 20.1. The molecule has 0 bridgehead atoms. The molecule has 0 aliphatic heterocycles. The Labute approximate surface area is 208 Å². The van der Waals surface area contributed by atoms with Crippen molar-refractivity contribution in [3.63, 3.8) is 0 Å². The van der Waals surface area contributed by atoms with E-state index in [1.54, 1.807) is 4.90 Å². The van der Waals surface area contributed by atoms with E-state index in [0.717, 1.165) is 18.4 Å². The van der Waals surface area contributed by atoms with E-state index in [1.807, 2.05) is 30.3 Å². The maximum Gasteiger partial charge on any atom is 0.328 e. The SMILES string of the molecule is O=C(O)CC1(CC(=O)N(Cc2ccccc2)C[C@@H]2C[C@@H](n3ccc(=O)[nH]c3=O)[C@@H](O)[C@@H]2O)CCCC1. The lowest BCUT2D eigenvalue weighted by Gasteiger charge is -2.32. The summed E-state index contributed by atoms with van der Waals surface area (Å²) in [6.45, 7) is 0.426. The van der Waals surface area contributed by atoms with Gasteiger partial charge >= 0.3 is 11.7 Å². The van der Waals surface area contributed by atoms with Crippen molar-refractivity contribution in [1.29, 1.82) is 0 Å². The summed E-state index contributed by atoms with van der Waals surface area (Å²) in [7, 11) is 0. The molecule has 4 atom stereocenters. The Hall–Kier alpha value is -3.24. The van der Waals surface area contributed by atoms with Gasteiger partial charge in [-0.05, 0) is 30.2 Å². The first-order valence-corrected chi connectivity index (χ1v) is 12.4. The summed E-state index contributed by atoms with van der Waals surface area (Å²) in [5.74, 6) is -1.62. The van der Waals surface area contributed by atoms with Crippen molar-refractivity contribution < 1.29 is 24.9 Å². The molecule has 2 aliphatic rings. The zero-order chi connectivity index (χ0) is 25.9. The van der Waals surface area contributed by atoms with Gasteiger partial charge < -0.3 is 20.2 Å². The number of rotatable bonds is 9. The molecule has 36 heavy (non-hydrogen) atoms. The number of carbonyl (C=O) groups is 2. The number of aromatic amines is 1. The quantitative estimate of drug-likeness (QED) is 0.405. The Bertz CT molecular complexity index is 1190. The summed E-state index contributed by atoms with van der Waals surface area (Å²) < 4.78 is 1.21. The molecule has 10 nitrogen and oxygen atoms in total. The van der Waals surface area contributed by atoms with E-state index in [4.69, 9.17) is 0 Å². The lowest BCUT2D eigenvalue weighted by molar-refractivity contribution is -0.142. The van der Waals surface area contributed by atoms with Crippen molar-refractivity contribution in [2.45, 2.75) is 69.7 Å². The van der Waals surface area contributed by atoms with Gasteiger partial charge in [-0.2, -0.15) is 0 Å². The average molecular weight is 500 g/mol. The van der Waals surface area contributed by atoms with E-state index in [0.29, 0.717) is 12.8 Å². The van der Waals surface area contributed by atoms with Gasteiger partial charge in [-0.25, -0.2) is 4.79 Å². The fourth-order valence-electron chi connectivity index (χ4n) is 5.88. The van der Waals surface area contributed by atoms with Gasteiger partial charge in [-0.1, -0.05) is 43.2 Å². The number of nitrogens with one attached hydrogen (secondary N) is 1. The third-order valence-electron chi connectivity index (χ3n) is 7.72. The summed E-state index contributed by atoms with van der Waals surface area (Å²) in [5, 5.41) is 31.0. The van der Waals surface area contributed by atoms with Crippen LogP contribution in [0, 0.1) is 11.3 Å². The van der Waals surface area contributed by atoms with E-state index in [1.165, 1.54) is 16.8 Å². The number of aliphatic hydroxyl groups excluding tert-OH is 2. The van der Waals surface area contributed by atoms with E-state index < -0.39 is 46.8 Å². The van der Waals surface area contributed by atoms with Crippen LogP contribution < -0.4 is 11.2 Å². The number of nitrogens with zero attached hydrogens (tertiary/aromatic N) is 2. The van der Waals surface area contributed by atoms with Crippen molar-refractivity contribution in [3.05, 3.63) is 69.0 Å². The minimum atomic E-state index is -1.25. The Kier molecular flexibility index (Phi) is 7.75. The second-order valence-electron chi connectivity index (χ2n) is 10.3. The number of carboxylic acid groups (broad SMARTS) is 1. The van der Waals surface area contributed by atoms with Gasteiger partial charge in [-0.3, -0.25) is 23.9 Å². The van der Waals surface area contributed by atoms with E-state index in [2.05, 4.69) is 4.98 Å². The number of hydrogen-bond acceptors (Lipinski definition) is 6. The predicted molar refractivity (Wildman–Crippen MR) is 130 cm³/mol. The van der Waals surface area contributed by atoms with Gasteiger partial charge in [0.25, 0.3) is 5.56 Å². The fourth-order valence-corrected chi connectivity index (χ4v) is 5.88. The van der Waals surface area contributed by atoms with E-state index in [-0.39, 0.29) is 38.3 Å². The van der Waals surface area contributed by atoms with Gasteiger partial charge in [0.2, 0.25) is 5.91 Å². The molecular formula is C26H33N3O7. The Balaban J connectivity index is 1.56. The Morgan fingerprint density at radius 3 is 2.36 bits per heavy atom. The van der Waals surface area contributed by atoms with Crippen LogP contribution in [0.5, 0.6) is 0 Å². The number of aliphatic hydroxyl groups is 2. The maximum atomic E-state index is 13.6. The van der Waals surface area contributed by atoms with Crippen LogP contribution in [-0.4, -0.2) is 60.4 Å². The highest BCUT2D eigenvalue weighted by Crippen LogP contribution is 2.45. The molecule has 4 N–H and O–H groups in total. The molecule has 1 aromatic heterocycles. The van der Waals surface area contributed by atoms with Crippen molar-refractivity contribution in [1.82, 2.24) is 14.5 Å². The molecule has 0 saturated heterocycles. The Morgan fingerprint density at radius 1 is 1.03 bits per heavy atom. The first kappa shape index (κ1) is 25.8. The van der Waals surface area contributed by atoms with Crippen molar-refractivity contribution >= 4 is 11.9 Å². The molecule has 1 heterocycles. The van der Waals surface area contributed by atoms with Gasteiger partial charge in [0.1, 0.15) is 6.10 Å². The third kappa shape index (κ3) is 5.76. The number of carbonyl (C=O) groups excluding carboxylic acids is 1. The largest absolute Gasteiger partial charge is 0.481 e. The number of H-pyrrole nitrogens is 1. The number of aromatic nitrogens is 2. The molecule has 2 aromatic rings. The smallest absolute Gasteiger partial charge is 0.328 e. The molecule has 10 heteroatoms. The first-order valence-electron chi connectivity index (χ1n) is 12.4. The van der Waals surface area contributed by atoms with Gasteiger partial charge in [0.05, 0.1) is 18.6 Å². The van der Waals surface area contributed by atoms with Gasteiger partial charge in [0, 0.05) is 37.7 Å². The predicted octanol–water partition coefficient (Wildman–Crippen LogP) is 1.27. The van der Waals surface area contributed by atoms with Gasteiger partial charge in [-0.15, -0.1) is 0 Å². The normalized spacial score (nSPS) is 25.1. The summed E-state index contributed by atoms with van der Waals surface area (Å²) in [6.07, 6.45) is 2.31. The maximum absolute atomic E-state index is 13.6. The monoisotopic (exact) mass is 499 g/mol. The number of carboxylic acids is 1. The number of aliphatic carboxylic acids is 1. The van der Waals surface area contributed by atoms with E-state index >= 15 is 0 Å². The zero-order valence-corrected chi connectivity index (χ0v) is 20.1. The van der Waals surface area contributed by atoms with Crippen LogP contribution in [0.15, 0.2) is 52.2 Å². The van der Waals surface area contributed by atoms with Crippen LogP contribution in [0.3, 0.4) is 0 Å². The summed E-state index contributed by atoms with van der Waals surface area (Å²) in [6, 6.07) is 9.83. The minimum Gasteiger partial charge on any atom is -0.481 e. The van der Waals surface area contributed by atoms with Crippen LogP contribution in [0.4, 0.5) is 0 Å². The van der Waals surface area contributed by atoms with Crippen molar-refractivity contribution in [2.24, 2.45) is 11.3 Å². The highest BCUT2D eigenvalue weighted by Gasteiger charge is 2.45. The molecule has 1 aromatic carbocycles. The lowest BCUT2D eigenvalue weighted by atomic mass is 9.79. The number of amides is 1. The van der Waals surface area contributed by atoms with Crippen LogP contribution in [0.1, 0.15) is 56.6 Å². The topological polar surface area (TPSA) is 153 Å². The molecule has 1 amide bonds. The minimum absolute atomic E-state index is 0.0557. The molecule has 2 saturated carbocycles. The standard InChI is InChI=1S/C26H33N3O7/c30-20-8-11-29(25(36)27-20)19-12-18(23(34)24(19)35)16-28(15-17-6-2-1-3-7-17)21(31)13-26(14-22(32)33)9-4-5-10-26/h1-3,6-8,11,18-19,23-24,34-35H,4-5,9-10,12-16H2,(H,32,33)(H,27,30,36)/t18-,19+,23+,24+/m0/s1. The van der Waals surface area contributed by atoms with E-state index in [9.17, 15) is 34.5 Å². The lowest BCUT2D eigenvalue weighted by Crippen LogP contribution is -2.41. The fraction of sp³-hybridized carbons (Fsp3) is 0.538. The highest BCUT2D eigenvalue weighted by atomic mass is 16.4. The molecule has 4 rings (SSSR count). The third-order valence-corrected chi connectivity index (χ3v) is 7.72. The summed E-state index contributed by atoms with van der Waals surface area (Å²) in [5.41, 5.74) is -0.903. The molecule has 0 unspecified atom stereocenters. The van der Waals surface area contributed by atoms with Crippen LogP contribution in [0.25, 0.3) is 0 Å². The second kappa shape index (κ2) is 10.8. The van der Waals surface area contributed by atoms with Crippen molar-refractivity contribution in [2.75, 3.05) is 6.54 Å². The molecule has 0 spiro atoms. The summed E-state index contributed by atoms with van der Waals surface area (Å²) in [4.78, 5) is 52.7. The molecule has 0 radical (unpaired) electrons. The van der Waals surface area contributed by atoms with Crippen LogP contribution >= 0.6 is 0 Å². The average Bonchev–Trinajstić information content (AvgIpc) is 3.38. The first-order chi connectivity index (χ1) is 17.2. The molecular weight excluding hydrogens is 466 g/mol. The second-order valence-corrected chi connectivity index (χ2v) is 10.3. The van der Waals surface area contributed by atoms with Crippen LogP contribution in [0.2, 0.25) is 0 Å². The highest BCUT2D eigenvalue weighted by molar-refractivity contribution is 5.78. The molecule has 2 aliphatic carbocycles. The van der Waals surface area contributed by atoms with Crippen LogP contribution in [-0.2, 0) is 16.1 Å². The summed E-state index contributed by atoms with van der Waals surface area (Å²) >= 11 is 0. The van der Waals surface area contributed by atoms with Gasteiger partial charge in [0.15, 0.2) is 0 Å². The number of benzene rings is 1.